The average molecular weight is 679 g/mol. The molecule has 1 atom stereocenters. The molecule has 3 fully saturated rings. The number of fused-ring (bicyclic) bond motifs is 1. The summed E-state index contributed by atoms with van der Waals surface area (Å²) < 4.78 is 0. The summed E-state index contributed by atoms with van der Waals surface area (Å²) in [5, 5.41) is 6.65. The van der Waals surface area contributed by atoms with Crippen LogP contribution in [-0.4, -0.2) is 127 Å². The van der Waals surface area contributed by atoms with Gasteiger partial charge in [-0.3, -0.25) is 9.69 Å². The van der Waals surface area contributed by atoms with Gasteiger partial charge >= 0.3 is 12.1 Å². The molecule has 0 aliphatic carbocycles. The van der Waals surface area contributed by atoms with Crippen molar-refractivity contribution in [2.24, 2.45) is 0 Å². The van der Waals surface area contributed by atoms with Crippen molar-refractivity contribution >= 4 is 40.9 Å². The number of carbonyl (C=O) groups is 3. The number of nitrogens with one attached hydrogen (secondary N) is 2. The van der Waals surface area contributed by atoms with Gasteiger partial charge in [0.25, 0.3) is 0 Å². The molecule has 0 bridgehead atoms. The number of hydrogen-bond donors (Lipinski definition) is 3. The molecule has 11 nitrogen and oxygen atoms in total. The van der Waals surface area contributed by atoms with E-state index < -0.39 is 6.04 Å². The predicted octanol–water partition coefficient (Wildman–Crippen LogP) is 3.90. The summed E-state index contributed by atoms with van der Waals surface area (Å²) in [4.78, 5) is 51.5. The standard InChI is InChI=1S/C36H51ClN8O3/c1-3-26-22-25(23-30(37)33(26)38)24-32(34(46)43-20-18-42(19-21-43)28-9-13-41(2)14-10-28)40-35(47)44-15-11-29(12-16-44)45-17-8-27-6-4-5-7-31(27)39-36(45)48/h4-7,22-23,28-29,32H,3,8-21,24,38H2,1-2H3,(H,39,48)(H,40,47)/t32-/m1/s1. The van der Waals surface area contributed by atoms with E-state index in [-0.39, 0.29) is 24.0 Å². The van der Waals surface area contributed by atoms with Crippen molar-refractivity contribution in [3.63, 3.8) is 0 Å². The van der Waals surface area contributed by atoms with Gasteiger partial charge in [-0.1, -0.05) is 42.8 Å². The smallest absolute Gasteiger partial charge is 0.322 e. The normalized spacial score (nSPS) is 21.0. The molecule has 4 heterocycles. The molecule has 2 aromatic carbocycles. The molecule has 6 rings (SSSR count). The predicted molar refractivity (Wildman–Crippen MR) is 190 cm³/mol. The highest BCUT2D eigenvalue weighted by molar-refractivity contribution is 6.33. The molecule has 4 N–H and O–H groups in total. The maximum Gasteiger partial charge on any atom is 0.322 e. The van der Waals surface area contributed by atoms with Crippen molar-refractivity contribution in [1.82, 2.24) is 29.8 Å². The Balaban J connectivity index is 1.09. The van der Waals surface area contributed by atoms with E-state index in [4.69, 9.17) is 17.3 Å². The van der Waals surface area contributed by atoms with Crippen LogP contribution in [0, 0.1) is 0 Å². The van der Waals surface area contributed by atoms with Gasteiger partial charge in [0.2, 0.25) is 5.91 Å². The van der Waals surface area contributed by atoms with Crippen molar-refractivity contribution in [3.8, 4) is 0 Å². The molecule has 3 saturated heterocycles. The van der Waals surface area contributed by atoms with Crippen LogP contribution in [0.2, 0.25) is 5.02 Å². The van der Waals surface area contributed by atoms with Crippen LogP contribution in [0.15, 0.2) is 36.4 Å². The first-order chi connectivity index (χ1) is 23.2. The number of rotatable bonds is 7. The number of amides is 5. The number of urea groups is 2. The molecule has 0 aromatic heterocycles. The zero-order valence-electron chi connectivity index (χ0n) is 28.4. The van der Waals surface area contributed by atoms with Crippen molar-refractivity contribution < 1.29 is 14.4 Å². The minimum Gasteiger partial charge on any atom is -0.397 e. The van der Waals surface area contributed by atoms with Gasteiger partial charge in [-0.15, -0.1) is 0 Å². The number of para-hydroxylation sites is 1. The quantitative estimate of drug-likeness (QED) is 0.383. The third-order valence-electron chi connectivity index (χ3n) is 10.9. The number of hydrogen-bond acceptors (Lipinski definition) is 6. The van der Waals surface area contributed by atoms with Gasteiger partial charge in [-0.05, 0) is 87.5 Å². The Bertz CT molecular complexity index is 1470. The number of carbonyl (C=O) groups excluding carboxylic acids is 3. The molecule has 0 saturated carbocycles. The van der Waals surface area contributed by atoms with E-state index in [1.54, 1.807) is 4.90 Å². The van der Waals surface area contributed by atoms with E-state index in [2.05, 4.69) is 33.5 Å². The molecule has 4 aliphatic rings. The highest BCUT2D eigenvalue weighted by atomic mass is 35.5. The van der Waals surface area contributed by atoms with Crippen LogP contribution in [0.3, 0.4) is 0 Å². The first kappa shape index (κ1) is 34.3. The fourth-order valence-electron chi connectivity index (χ4n) is 7.83. The highest BCUT2D eigenvalue weighted by Gasteiger charge is 2.35. The SMILES string of the molecule is CCc1cc(C[C@@H](NC(=O)N2CCC(N3CCc4ccccc4NC3=O)CC2)C(=O)N2CCN(C3CCN(C)CC3)CC2)cc(Cl)c1N. The van der Waals surface area contributed by atoms with Crippen molar-refractivity contribution in [1.29, 1.82) is 0 Å². The monoisotopic (exact) mass is 678 g/mol. The summed E-state index contributed by atoms with van der Waals surface area (Å²) in [5.74, 6) is -0.0620. The lowest BCUT2D eigenvalue weighted by molar-refractivity contribution is -0.135. The second-order valence-electron chi connectivity index (χ2n) is 13.9. The van der Waals surface area contributed by atoms with E-state index in [0.29, 0.717) is 68.7 Å². The minimum absolute atomic E-state index is 0.0473. The van der Waals surface area contributed by atoms with Gasteiger partial charge < -0.3 is 36.0 Å². The lowest BCUT2D eigenvalue weighted by Crippen LogP contribution is -2.59. The number of nitrogens with zero attached hydrogens (tertiary/aromatic N) is 5. The molecule has 0 radical (unpaired) electrons. The first-order valence-electron chi connectivity index (χ1n) is 17.7. The molecule has 4 aliphatic heterocycles. The molecule has 5 amide bonds. The number of nitrogen functional groups attached to an aromatic ring is 1. The number of nitrogens with two attached hydrogens (primary N) is 1. The highest BCUT2D eigenvalue weighted by Crippen LogP contribution is 2.28. The summed E-state index contributed by atoms with van der Waals surface area (Å²) in [6.07, 6.45) is 5.53. The molecule has 2 aromatic rings. The van der Waals surface area contributed by atoms with Crippen molar-refractivity contribution in [3.05, 3.63) is 58.1 Å². The Morgan fingerprint density at radius 1 is 0.938 bits per heavy atom. The fourth-order valence-corrected chi connectivity index (χ4v) is 8.09. The zero-order valence-corrected chi connectivity index (χ0v) is 29.2. The van der Waals surface area contributed by atoms with Crippen molar-refractivity contribution in [2.75, 3.05) is 77.0 Å². The van der Waals surface area contributed by atoms with E-state index in [0.717, 1.165) is 74.2 Å². The molecular formula is C36H51ClN8O3. The molecule has 260 valence electrons. The van der Waals surface area contributed by atoms with E-state index >= 15 is 0 Å². The number of piperidine rings is 2. The van der Waals surface area contributed by atoms with Gasteiger partial charge in [-0.2, -0.15) is 0 Å². The number of benzene rings is 2. The Labute approximate surface area is 289 Å². The van der Waals surface area contributed by atoms with Gasteiger partial charge in [0, 0.05) is 70.0 Å². The Hall–Kier alpha value is -3.54. The van der Waals surface area contributed by atoms with Gasteiger partial charge in [0.1, 0.15) is 6.04 Å². The second kappa shape index (κ2) is 15.3. The van der Waals surface area contributed by atoms with Crippen LogP contribution in [0.25, 0.3) is 0 Å². The van der Waals surface area contributed by atoms with Crippen LogP contribution in [0.1, 0.15) is 49.3 Å². The van der Waals surface area contributed by atoms with Crippen LogP contribution in [0.4, 0.5) is 21.0 Å². The maximum atomic E-state index is 14.1. The number of likely N-dealkylation sites (tertiary alicyclic amines) is 2. The lowest BCUT2D eigenvalue weighted by Gasteiger charge is -2.43. The fraction of sp³-hybridized carbons (Fsp3) is 0.583. The largest absolute Gasteiger partial charge is 0.397 e. The molecule has 12 heteroatoms. The topological polar surface area (TPSA) is 117 Å². The Kier molecular flexibility index (Phi) is 11.0. The molecule has 0 spiro atoms. The summed E-state index contributed by atoms with van der Waals surface area (Å²) in [6, 6.07) is 11.3. The third-order valence-corrected chi connectivity index (χ3v) is 11.2. The molecule has 0 unspecified atom stereocenters. The van der Waals surface area contributed by atoms with Gasteiger partial charge in [0.15, 0.2) is 0 Å². The molecule has 48 heavy (non-hydrogen) atoms. The zero-order chi connectivity index (χ0) is 33.8. The summed E-state index contributed by atoms with van der Waals surface area (Å²) in [5.41, 5.74) is 10.6. The van der Waals surface area contributed by atoms with E-state index in [1.165, 1.54) is 0 Å². The summed E-state index contributed by atoms with van der Waals surface area (Å²) in [6.45, 7) is 8.89. The summed E-state index contributed by atoms with van der Waals surface area (Å²) >= 11 is 6.50. The second-order valence-corrected chi connectivity index (χ2v) is 14.3. The average Bonchev–Trinajstić information content (AvgIpc) is 3.27. The summed E-state index contributed by atoms with van der Waals surface area (Å²) in [7, 11) is 2.18. The van der Waals surface area contributed by atoms with E-state index in [9.17, 15) is 14.4 Å². The van der Waals surface area contributed by atoms with Crippen LogP contribution < -0.4 is 16.4 Å². The Morgan fingerprint density at radius 3 is 2.33 bits per heavy atom. The molecular weight excluding hydrogens is 628 g/mol. The number of halogens is 1. The maximum absolute atomic E-state index is 14.1. The number of aryl methyl sites for hydroxylation is 1. The Morgan fingerprint density at radius 2 is 1.62 bits per heavy atom. The minimum atomic E-state index is -0.732. The number of anilines is 2. The van der Waals surface area contributed by atoms with Crippen molar-refractivity contribution in [2.45, 2.75) is 70.0 Å². The number of piperazine rings is 1. The van der Waals surface area contributed by atoms with Crippen LogP contribution in [-0.2, 0) is 24.1 Å². The van der Waals surface area contributed by atoms with Gasteiger partial charge in [-0.25, -0.2) is 9.59 Å². The van der Waals surface area contributed by atoms with E-state index in [1.807, 2.05) is 47.1 Å². The first-order valence-corrected chi connectivity index (χ1v) is 18.1. The lowest BCUT2D eigenvalue weighted by atomic mass is 9.99. The van der Waals surface area contributed by atoms with Crippen LogP contribution in [0.5, 0.6) is 0 Å². The van der Waals surface area contributed by atoms with Gasteiger partial charge in [0.05, 0.1) is 10.7 Å². The third kappa shape index (κ3) is 7.84. The van der Waals surface area contributed by atoms with Crippen LogP contribution >= 0.6 is 11.6 Å².